The van der Waals surface area contributed by atoms with E-state index in [1.165, 1.54) is 6.07 Å². The summed E-state index contributed by atoms with van der Waals surface area (Å²) < 4.78 is 45.8. The number of rotatable bonds is 15. The van der Waals surface area contributed by atoms with Crippen LogP contribution in [0.25, 0.3) is 0 Å². The summed E-state index contributed by atoms with van der Waals surface area (Å²) in [6.07, 6.45) is 1.15. The number of nitrogens with zero attached hydrogens (tertiary/aromatic N) is 2. The lowest BCUT2D eigenvalue weighted by molar-refractivity contribution is -0.145. The zero-order valence-electron chi connectivity index (χ0n) is 26.0. The van der Waals surface area contributed by atoms with Crippen LogP contribution in [0.5, 0.6) is 0 Å². The van der Waals surface area contributed by atoms with Crippen LogP contribution >= 0.6 is 0 Å². The van der Waals surface area contributed by atoms with Gasteiger partial charge in [-0.05, 0) is 63.5 Å². The fourth-order valence-electron chi connectivity index (χ4n) is 5.97. The van der Waals surface area contributed by atoms with Crippen LogP contribution in [0.15, 0.2) is 59.5 Å². The van der Waals surface area contributed by atoms with E-state index in [1.54, 1.807) is 12.1 Å². The Labute approximate surface area is 266 Å². The van der Waals surface area contributed by atoms with E-state index in [1.807, 2.05) is 55.4 Å². The summed E-state index contributed by atoms with van der Waals surface area (Å²) in [5, 5.41) is 17.7. The SMILES string of the molecule is CN(C)CCNc1cccc(S(=O)(=O)N(C[C@H](O)[C@H](Cc2ccccc2)NC(=O)O[C@@H]2CO[C@@H]3OCC[C@@H]32)OC2CCCC2)c1. The van der Waals surface area contributed by atoms with E-state index < -0.39 is 34.4 Å². The van der Waals surface area contributed by atoms with E-state index in [4.69, 9.17) is 19.0 Å². The standard InChI is InChI=1S/C32H46N4O8S/c1-35(2)17-16-33-24-11-8-14-26(20-24)45(39,40)36(44-25-12-6-7-13-25)21-29(37)28(19-23-9-4-3-5-10-23)34-32(38)43-30-22-42-31-27(30)15-18-41-31/h3-5,8-11,14,20,25,27-31,33,37H,6-7,12-13,15-19,21-22H2,1-2H3,(H,34,38)/t27-,28+,29+,30-,31+/m1/s1. The molecule has 2 aromatic carbocycles. The Morgan fingerprint density at radius 3 is 2.60 bits per heavy atom. The van der Waals surface area contributed by atoms with E-state index >= 15 is 0 Å². The van der Waals surface area contributed by atoms with Crippen LogP contribution in [0.3, 0.4) is 0 Å². The lowest BCUT2D eigenvalue weighted by Gasteiger charge is -2.31. The zero-order chi connectivity index (χ0) is 31.8. The van der Waals surface area contributed by atoms with Gasteiger partial charge in [-0.25, -0.2) is 13.2 Å². The second-order valence-electron chi connectivity index (χ2n) is 12.2. The summed E-state index contributed by atoms with van der Waals surface area (Å²) >= 11 is 0. The third-order valence-corrected chi connectivity index (χ3v) is 10.1. The van der Waals surface area contributed by atoms with Gasteiger partial charge in [0, 0.05) is 18.8 Å². The molecule has 13 heteroatoms. The minimum atomic E-state index is -4.18. The average Bonchev–Trinajstić information content (AvgIpc) is 3.78. The summed E-state index contributed by atoms with van der Waals surface area (Å²) in [5.41, 5.74) is 1.52. The van der Waals surface area contributed by atoms with Crippen molar-refractivity contribution in [2.75, 3.05) is 52.3 Å². The quantitative estimate of drug-likeness (QED) is 0.248. The van der Waals surface area contributed by atoms with Gasteiger partial charge in [-0.15, -0.1) is 0 Å². The Bertz CT molecular complexity index is 1340. The highest BCUT2D eigenvalue weighted by Gasteiger charge is 2.44. The van der Waals surface area contributed by atoms with Crippen molar-refractivity contribution in [3.05, 3.63) is 60.2 Å². The minimum absolute atomic E-state index is 0.0400. The van der Waals surface area contributed by atoms with Gasteiger partial charge in [0.2, 0.25) is 0 Å². The molecule has 3 N–H and O–H groups in total. The third kappa shape index (κ3) is 9.16. The molecular formula is C32H46N4O8S. The third-order valence-electron chi connectivity index (χ3n) is 8.50. The van der Waals surface area contributed by atoms with Gasteiger partial charge in [-0.1, -0.05) is 53.7 Å². The van der Waals surface area contributed by atoms with Gasteiger partial charge in [-0.3, -0.25) is 4.84 Å². The Kier molecular flexibility index (Phi) is 11.7. The maximum Gasteiger partial charge on any atom is 0.407 e. The van der Waals surface area contributed by atoms with Gasteiger partial charge in [0.15, 0.2) is 6.29 Å². The molecule has 1 amide bonds. The van der Waals surface area contributed by atoms with Crippen molar-refractivity contribution in [2.45, 2.75) is 74.1 Å². The molecule has 2 aliphatic heterocycles. The molecule has 1 saturated carbocycles. The number of fused-ring (bicyclic) bond motifs is 1. The largest absolute Gasteiger partial charge is 0.443 e. The Morgan fingerprint density at radius 2 is 1.84 bits per heavy atom. The molecule has 0 radical (unpaired) electrons. The predicted molar refractivity (Wildman–Crippen MR) is 168 cm³/mol. The number of ether oxygens (including phenoxy) is 3. The summed E-state index contributed by atoms with van der Waals surface area (Å²) in [6.45, 7) is 1.81. The molecule has 3 fully saturated rings. The Balaban J connectivity index is 1.33. The number of benzene rings is 2. The van der Waals surface area contributed by atoms with Crippen LogP contribution in [0.2, 0.25) is 0 Å². The molecule has 0 spiro atoms. The zero-order valence-corrected chi connectivity index (χ0v) is 26.9. The van der Waals surface area contributed by atoms with Gasteiger partial charge in [0.1, 0.15) is 6.10 Å². The summed E-state index contributed by atoms with van der Waals surface area (Å²) in [7, 11) is -0.251. The minimum Gasteiger partial charge on any atom is -0.443 e. The number of aliphatic hydroxyl groups excluding tert-OH is 1. The number of carbonyl (C=O) groups excluding carboxylic acids is 1. The molecule has 5 rings (SSSR count). The monoisotopic (exact) mass is 646 g/mol. The predicted octanol–water partition coefficient (Wildman–Crippen LogP) is 2.98. The fourth-order valence-corrected chi connectivity index (χ4v) is 7.31. The number of likely N-dealkylation sites (N-methyl/N-ethyl adjacent to an activating group) is 1. The number of sulfonamides is 1. The molecule has 45 heavy (non-hydrogen) atoms. The molecule has 0 bridgehead atoms. The smallest absolute Gasteiger partial charge is 0.407 e. The van der Waals surface area contributed by atoms with Crippen molar-refractivity contribution in [3.63, 3.8) is 0 Å². The Morgan fingerprint density at radius 1 is 1.07 bits per heavy atom. The number of hydrogen-bond donors (Lipinski definition) is 3. The number of carbonyl (C=O) groups is 1. The van der Waals surface area contributed by atoms with E-state index in [2.05, 4.69) is 10.6 Å². The summed E-state index contributed by atoms with van der Waals surface area (Å²) in [6, 6.07) is 15.1. The number of aliphatic hydroxyl groups is 1. The highest BCUT2D eigenvalue weighted by molar-refractivity contribution is 7.89. The number of amides is 1. The van der Waals surface area contributed by atoms with Crippen molar-refractivity contribution in [1.82, 2.24) is 14.7 Å². The first kappa shape index (κ1) is 33.6. The molecule has 2 aromatic rings. The van der Waals surface area contributed by atoms with Crippen molar-refractivity contribution in [3.8, 4) is 0 Å². The lowest BCUT2D eigenvalue weighted by Crippen LogP contribution is -2.51. The van der Waals surface area contributed by atoms with Gasteiger partial charge >= 0.3 is 6.09 Å². The number of alkyl carbamates (subject to hydrolysis) is 1. The van der Waals surface area contributed by atoms with Crippen molar-refractivity contribution >= 4 is 21.8 Å². The fraction of sp³-hybridized carbons (Fsp3) is 0.594. The van der Waals surface area contributed by atoms with Crippen LogP contribution < -0.4 is 10.6 Å². The molecule has 248 valence electrons. The highest BCUT2D eigenvalue weighted by atomic mass is 32.2. The lowest BCUT2D eigenvalue weighted by atomic mass is 10.0. The van der Waals surface area contributed by atoms with Crippen LogP contribution in [-0.4, -0.2) is 107 Å². The van der Waals surface area contributed by atoms with Crippen molar-refractivity contribution < 1.29 is 37.4 Å². The topological polar surface area (TPSA) is 139 Å². The summed E-state index contributed by atoms with van der Waals surface area (Å²) in [4.78, 5) is 21.3. The number of hydrogen-bond acceptors (Lipinski definition) is 10. The average molecular weight is 647 g/mol. The molecule has 2 heterocycles. The maximum atomic E-state index is 14.0. The first-order valence-corrected chi connectivity index (χ1v) is 17.2. The second-order valence-corrected chi connectivity index (χ2v) is 14.1. The van der Waals surface area contributed by atoms with Gasteiger partial charge in [0.05, 0.1) is 48.8 Å². The molecule has 0 unspecified atom stereocenters. The summed E-state index contributed by atoms with van der Waals surface area (Å²) in [5.74, 6) is -0.0400. The molecular weight excluding hydrogens is 600 g/mol. The van der Waals surface area contributed by atoms with Crippen molar-refractivity contribution in [1.29, 1.82) is 0 Å². The van der Waals surface area contributed by atoms with Crippen LogP contribution in [-0.2, 0) is 35.5 Å². The second kappa shape index (κ2) is 15.7. The van der Waals surface area contributed by atoms with Crippen LogP contribution in [0.4, 0.5) is 10.5 Å². The van der Waals surface area contributed by atoms with E-state index in [0.717, 1.165) is 48.7 Å². The number of nitrogens with one attached hydrogen (secondary N) is 2. The van der Waals surface area contributed by atoms with Gasteiger partial charge in [0.25, 0.3) is 10.0 Å². The Hall–Kier alpha value is -2.78. The molecule has 1 aliphatic carbocycles. The van der Waals surface area contributed by atoms with Crippen LogP contribution in [0, 0.1) is 5.92 Å². The highest BCUT2D eigenvalue weighted by Crippen LogP contribution is 2.33. The van der Waals surface area contributed by atoms with E-state index in [-0.39, 0.29) is 42.8 Å². The number of anilines is 1. The van der Waals surface area contributed by atoms with Gasteiger partial charge in [-0.2, -0.15) is 0 Å². The first-order valence-electron chi connectivity index (χ1n) is 15.8. The van der Waals surface area contributed by atoms with Crippen molar-refractivity contribution in [2.24, 2.45) is 5.92 Å². The molecule has 12 nitrogen and oxygen atoms in total. The van der Waals surface area contributed by atoms with Crippen LogP contribution in [0.1, 0.15) is 37.7 Å². The molecule has 3 aliphatic rings. The maximum absolute atomic E-state index is 14.0. The molecule has 2 saturated heterocycles. The normalized spacial score (nSPS) is 23.3. The van der Waals surface area contributed by atoms with E-state index in [9.17, 15) is 18.3 Å². The number of hydroxylamine groups is 1. The van der Waals surface area contributed by atoms with Gasteiger partial charge < -0.3 is 34.9 Å². The first-order chi connectivity index (χ1) is 21.7. The van der Waals surface area contributed by atoms with E-state index in [0.29, 0.717) is 18.8 Å². The molecule has 5 atom stereocenters. The molecule has 0 aromatic heterocycles.